The lowest BCUT2D eigenvalue weighted by Crippen LogP contribution is -2.16. The van der Waals surface area contributed by atoms with Crippen molar-refractivity contribution in [3.63, 3.8) is 0 Å². The van der Waals surface area contributed by atoms with Gasteiger partial charge in [-0.1, -0.05) is 56.1 Å². The average Bonchev–Trinajstić information content (AvgIpc) is 2.74. The van der Waals surface area contributed by atoms with Crippen molar-refractivity contribution in [3.8, 4) is 11.8 Å². The van der Waals surface area contributed by atoms with E-state index in [1.54, 1.807) is 36.4 Å². The van der Waals surface area contributed by atoms with Crippen molar-refractivity contribution in [2.24, 2.45) is 0 Å². The van der Waals surface area contributed by atoms with E-state index in [1.807, 2.05) is 12.1 Å². The number of anilines is 1. The van der Waals surface area contributed by atoms with E-state index < -0.39 is 5.97 Å². The van der Waals surface area contributed by atoms with Crippen LogP contribution in [0.15, 0.2) is 48.5 Å². The largest absolute Gasteiger partial charge is 0.462 e. The minimum Gasteiger partial charge on any atom is -0.462 e. The minimum absolute atomic E-state index is 0.268. The quantitative estimate of drug-likeness (QED) is 0.473. The maximum Gasteiger partial charge on any atom is 0.340 e. The molecular weight excluding hydrogens is 362 g/mol. The van der Waals surface area contributed by atoms with Crippen molar-refractivity contribution in [1.82, 2.24) is 0 Å². The lowest BCUT2D eigenvalue weighted by molar-refractivity contribution is 0.0499. The first-order chi connectivity index (χ1) is 14.2. The van der Waals surface area contributed by atoms with Gasteiger partial charge in [0.1, 0.15) is 0 Å². The summed E-state index contributed by atoms with van der Waals surface area (Å²) in [5.41, 5.74) is 2.24. The lowest BCUT2D eigenvalue weighted by atomic mass is 10.1. The Morgan fingerprint density at radius 3 is 2.28 bits per heavy atom. The van der Waals surface area contributed by atoms with Crippen LogP contribution in [0.2, 0.25) is 0 Å². The van der Waals surface area contributed by atoms with Crippen LogP contribution in [-0.4, -0.2) is 18.5 Å². The van der Waals surface area contributed by atoms with E-state index in [1.165, 1.54) is 19.3 Å². The normalized spacial score (nSPS) is 16.4. The van der Waals surface area contributed by atoms with Gasteiger partial charge >= 0.3 is 5.97 Å². The first-order valence-electron chi connectivity index (χ1n) is 10.4. The van der Waals surface area contributed by atoms with Gasteiger partial charge in [0.25, 0.3) is 5.91 Å². The van der Waals surface area contributed by atoms with Crippen LogP contribution in [0, 0.1) is 11.8 Å². The van der Waals surface area contributed by atoms with Gasteiger partial charge in [-0.05, 0) is 49.2 Å². The number of ether oxygens (including phenoxy) is 1. The summed E-state index contributed by atoms with van der Waals surface area (Å²) >= 11 is 0. The molecular formula is C25H27NO3. The summed E-state index contributed by atoms with van der Waals surface area (Å²) in [6, 6.07) is 14.1. The van der Waals surface area contributed by atoms with Gasteiger partial charge in [-0.2, -0.15) is 0 Å². The van der Waals surface area contributed by atoms with Gasteiger partial charge in [0.15, 0.2) is 0 Å². The van der Waals surface area contributed by atoms with Crippen LogP contribution in [0.1, 0.15) is 77.6 Å². The standard InChI is InChI=1S/C25H27NO3/c27-24-21-17-15-20(16-18-21)12-8-6-4-2-1-3-5-7-11-19-29-25(28)22-13-9-10-14-23(22)26-24/h9-10,13-18H,1-7,11,19H2,(H,26,27). The van der Waals surface area contributed by atoms with Crippen molar-refractivity contribution >= 4 is 17.6 Å². The first kappa shape index (κ1) is 20.7. The molecule has 29 heavy (non-hydrogen) atoms. The number of hydrogen-bond acceptors (Lipinski definition) is 3. The molecule has 1 amide bonds. The van der Waals surface area contributed by atoms with Crippen LogP contribution in [0.25, 0.3) is 0 Å². The van der Waals surface area contributed by atoms with E-state index in [2.05, 4.69) is 17.2 Å². The summed E-state index contributed by atoms with van der Waals surface area (Å²) in [5, 5.41) is 2.82. The second-order valence-electron chi connectivity index (χ2n) is 7.24. The van der Waals surface area contributed by atoms with Gasteiger partial charge in [0.05, 0.1) is 17.9 Å². The fraction of sp³-hybridized carbons (Fsp3) is 0.360. The number of carbonyl (C=O) groups excluding carboxylic acids is 2. The van der Waals surface area contributed by atoms with E-state index in [4.69, 9.17) is 4.74 Å². The Labute approximate surface area is 172 Å². The number of benzene rings is 2. The molecule has 150 valence electrons. The predicted molar refractivity (Wildman–Crippen MR) is 115 cm³/mol. The van der Waals surface area contributed by atoms with Crippen LogP contribution in [-0.2, 0) is 4.74 Å². The number of nitrogens with one attached hydrogen (secondary N) is 1. The molecule has 0 radical (unpaired) electrons. The zero-order chi connectivity index (χ0) is 20.3. The highest BCUT2D eigenvalue weighted by Gasteiger charge is 2.15. The summed E-state index contributed by atoms with van der Waals surface area (Å²) < 4.78 is 5.42. The summed E-state index contributed by atoms with van der Waals surface area (Å²) in [6.07, 6.45) is 8.70. The molecule has 2 aliphatic rings. The molecule has 2 aliphatic heterocycles. The molecule has 2 heterocycles. The maximum absolute atomic E-state index is 12.6. The fourth-order valence-electron chi connectivity index (χ4n) is 3.28. The first-order valence-corrected chi connectivity index (χ1v) is 10.4. The molecule has 4 rings (SSSR count). The number of para-hydroxylation sites is 1. The third kappa shape index (κ3) is 6.50. The van der Waals surface area contributed by atoms with Gasteiger partial charge in [-0.15, -0.1) is 0 Å². The van der Waals surface area contributed by atoms with Crippen LogP contribution in [0.3, 0.4) is 0 Å². The molecule has 0 saturated heterocycles. The predicted octanol–water partition coefficient (Wildman–Crippen LogP) is 5.58. The second kappa shape index (κ2) is 11.1. The third-order valence-electron chi connectivity index (χ3n) is 4.95. The van der Waals surface area contributed by atoms with Gasteiger partial charge < -0.3 is 10.1 Å². The zero-order valence-electron chi connectivity index (χ0n) is 16.7. The van der Waals surface area contributed by atoms with Crippen LogP contribution >= 0.6 is 0 Å². The van der Waals surface area contributed by atoms with Gasteiger partial charge in [-0.25, -0.2) is 4.79 Å². The molecule has 0 saturated carbocycles. The van der Waals surface area contributed by atoms with Gasteiger partial charge in [0.2, 0.25) is 0 Å². The topological polar surface area (TPSA) is 55.4 Å². The molecule has 4 heteroatoms. The van der Waals surface area contributed by atoms with E-state index in [0.29, 0.717) is 23.4 Å². The monoisotopic (exact) mass is 389 g/mol. The molecule has 0 atom stereocenters. The van der Waals surface area contributed by atoms with Crippen molar-refractivity contribution in [3.05, 3.63) is 65.2 Å². The number of carbonyl (C=O) groups is 2. The third-order valence-corrected chi connectivity index (χ3v) is 4.95. The number of amides is 1. The Morgan fingerprint density at radius 1 is 0.793 bits per heavy atom. The Bertz CT molecular complexity index is 890. The molecule has 0 aromatic heterocycles. The van der Waals surface area contributed by atoms with E-state index >= 15 is 0 Å². The van der Waals surface area contributed by atoms with Crippen LogP contribution in [0.4, 0.5) is 5.69 Å². The molecule has 2 aromatic carbocycles. The SMILES string of the molecule is O=C1Nc2ccccc2C(=O)OCCCCCCCCCC#Cc2ccc1cc2. The number of hydrogen-bond donors (Lipinski definition) is 1. The minimum atomic E-state index is -0.405. The molecule has 0 aliphatic carbocycles. The Kier molecular flexibility index (Phi) is 7.89. The highest BCUT2D eigenvalue weighted by Crippen LogP contribution is 2.18. The molecule has 4 nitrogen and oxygen atoms in total. The molecule has 0 unspecified atom stereocenters. The highest BCUT2D eigenvalue weighted by atomic mass is 16.5. The van der Waals surface area contributed by atoms with Crippen molar-refractivity contribution in [1.29, 1.82) is 0 Å². The molecule has 1 N–H and O–H groups in total. The van der Waals surface area contributed by atoms with Crippen LogP contribution in [0.5, 0.6) is 0 Å². The Balaban J connectivity index is 1.76. The maximum atomic E-state index is 12.6. The highest BCUT2D eigenvalue weighted by molar-refractivity contribution is 6.08. The molecule has 2 bridgehead atoms. The molecule has 0 fully saturated rings. The summed E-state index contributed by atoms with van der Waals surface area (Å²) in [4.78, 5) is 25.1. The lowest BCUT2D eigenvalue weighted by Gasteiger charge is -2.11. The summed E-state index contributed by atoms with van der Waals surface area (Å²) in [6.45, 7) is 0.401. The summed E-state index contributed by atoms with van der Waals surface area (Å²) in [7, 11) is 0. The van der Waals surface area contributed by atoms with Gasteiger partial charge in [-0.3, -0.25) is 4.79 Å². The number of esters is 1. The van der Waals surface area contributed by atoms with Crippen molar-refractivity contribution in [2.75, 3.05) is 11.9 Å². The smallest absolute Gasteiger partial charge is 0.340 e. The number of rotatable bonds is 0. The van der Waals surface area contributed by atoms with E-state index in [9.17, 15) is 9.59 Å². The average molecular weight is 389 g/mol. The molecule has 0 spiro atoms. The molecule has 2 aromatic rings. The Hall–Kier alpha value is -3.06. The van der Waals surface area contributed by atoms with E-state index in [-0.39, 0.29) is 5.91 Å². The van der Waals surface area contributed by atoms with Crippen molar-refractivity contribution in [2.45, 2.75) is 51.4 Å². The Morgan fingerprint density at radius 2 is 1.48 bits per heavy atom. The second-order valence-corrected chi connectivity index (χ2v) is 7.24. The fourth-order valence-corrected chi connectivity index (χ4v) is 3.28. The van der Waals surface area contributed by atoms with Gasteiger partial charge in [0, 0.05) is 17.5 Å². The summed E-state index contributed by atoms with van der Waals surface area (Å²) in [5.74, 6) is 5.71. The zero-order valence-corrected chi connectivity index (χ0v) is 16.7. The van der Waals surface area contributed by atoms with Crippen molar-refractivity contribution < 1.29 is 14.3 Å². The number of fused-ring (bicyclic) bond motifs is 14. The van der Waals surface area contributed by atoms with Crippen LogP contribution < -0.4 is 5.32 Å². The van der Waals surface area contributed by atoms with E-state index in [0.717, 1.165) is 37.7 Å².